The summed E-state index contributed by atoms with van der Waals surface area (Å²) >= 11 is 23.5. The summed E-state index contributed by atoms with van der Waals surface area (Å²) in [5, 5.41) is 1.02. The molecule has 0 aliphatic heterocycles. The van der Waals surface area contributed by atoms with E-state index in [0.29, 0.717) is 11.3 Å². The summed E-state index contributed by atoms with van der Waals surface area (Å²) in [7, 11) is 0. The molecule has 1 aromatic carbocycles. The average Bonchev–Trinajstić information content (AvgIpc) is 2.25. The molecule has 2 rings (SSSR count). The third-order valence-corrected chi connectivity index (χ3v) is 3.55. The van der Waals surface area contributed by atoms with Gasteiger partial charge in [0.2, 0.25) is 0 Å². The fourth-order valence-electron chi connectivity index (χ4n) is 1.32. The molecular formula is C11H4Cl4FN. The van der Waals surface area contributed by atoms with Crippen LogP contribution >= 0.6 is 46.4 Å². The van der Waals surface area contributed by atoms with Crippen molar-refractivity contribution in [3.8, 4) is 11.3 Å². The van der Waals surface area contributed by atoms with Gasteiger partial charge in [0.1, 0.15) is 5.82 Å². The first-order valence-electron chi connectivity index (χ1n) is 4.45. The zero-order valence-corrected chi connectivity index (χ0v) is 11.2. The Hall–Kier alpha value is -0.540. The minimum absolute atomic E-state index is 0.180. The third-order valence-electron chi connectivity index (χ3n) is 2.07. The Labute approximate surface area is 117 Å². The maximum Gasteiger partial charge on any atom is 0.143 e. The van der Waals surface area contributed by atoms with Gasteiger partial charge in [-0.3, -0.25) is 4.98 Å². The lowest BCUT2D eigenvalue weighted by molar-refractivity contribution is 0.622. The van der Waals surface area contributed by atoms with Gasteiger partial charge in [-0.2, -0.15) is 0 Å². The van der Waals surface area contributed by atoms with Gasteiger partial charge in [0.15, 0.2) is 0 Å². The van der Waals surface area contributed by atoms with E-state index >= 15 is 0 Å². The molecule has 0 aliphatic carbocycles. The largest absolute Gasteiger partial charge is 0.252 e. The predicted molar refractivity (Wildman–Crippen MR) is 69.7 cm³/mol. The molecule has 0 radical (unpaired) electrons. The first kappa shape index (κ1) is 12.9. The van der Waals surface area contributed by atoms with Crippen molar-refractivity contribution in [1.29, 1.82) is 0 Å². The van der Waals surface area contributed by atoms with Crippen molar-refractivity contribution >= 4 is 46.4 Å². The van der Waals surface area contributed by atoms with E-state index in [-0.39, 0.29) is 20.1 Å². The molecule has 0 saturated heterocycles. The molecule has 0 fully saturated rings. The number of nitrogens with zero attached hydrogens (tertiary/aromatic N) is 1. The second-order valence-electron chi connectivity index (χ2n) is 3.24. The summed E-state index contributed by atoms with van der Waals surface area (Å²) in [6, 6.07) is 4.31. The van der Waals surface area contributed by atoms with E-state index in [2.05, 4.69) is 4.98 Å². The SMILES string of the molecule is Fc1cnc(-c2cc(Cl)c(Cl)c(Cl)c2)c(Cl)c1. The molecule has 88 valence electrons. The van der Waals surface area contributed by atoms with Crippen molar-refractivity contribution in [1.82, 2.24) is 4.98 Å². The molecule has 0 bridgehead atoms. The van der Waals surface area contributed by atoms with Crippen molar-refractivity contribution < 1.29 is 4.39 Å². The smallest absolute Gasteiger partial charge is 0.143 e. The number of benzene rings is 1. The van der Waals surface area contributed by atoms with Crippen molar-refractivity contribution in [2.45, 2.75) is 0 Å². The fourth-order valence-corrected chi connectivity index (χ4v) is 2.18. The molecule has 0 atom stereocenters. The van der Waals surface area contributed by atoms with Gasteiger partial charge in [0.25, 0.3) is 0 Å². The molecule has 0 unspecified atom stereocenters. The standard InChI is InChI=1S/C11H4Cl4FN/c12-7-1-5(2-8(13)10(7)15)11-9(14)3-6(16)4-17-11/h1-4H. The van der Waals surface area contributed by atoms with Gasteiger partial charge in [-0.15, -0.1) is 0 Å². The Morgan fingerprint density at radius 2 is 1.47 bits per heavy atom. The Morgan fingerprint density at radius 3 is 2.00 bits per heavy atom. The monoisotopic (exact) mass is 309 g/mol. The van der Waals surface area contributed by atoms with E-state index in [9.17, 15) is 4.39 Å². The third kappa shape index (κ3) is 2.66. The normalized spacial score (nSPS) is 10.6. The van der Waals surface area contributed by atoms with Crippen molar-refractivity contribution in [2.24, 2.45) is 0 Å². The van der Waals surface area contributed by atoms with Crippen molar-refractivity contribution in [2.75, 3.05) is 0 Å². The van der Waals surface area contributed by atoms with Gasteiger partial charge in [0, 0.05) is 5.56 Å². The molecule has 1 nitrogen and oxygen atoms in total. The van der Waals surface area contributed by atoms with Crippen LogP contribution in [-0.4, -0.2) is 4.98 Å². The van der Waals surface area contributed by atoms with Crippen molar-refractivity contribution in [3.63, 3.8) is 0 Å². The van der Waals surface area contributed by atoms with E-state index in [1.807, 2.05) is 0 Å². The topological polar surface area (TPSA) is 12.9 Å². The summed E-state index contributed by atoms with van der Waals surface area (Å²) < 4.78 is 12.9. The molecule has 1 heterocycles. The van der Waals surface area contributed by atoms with Crippen LogP contribution in [0.1, 0.15) is 0 Å². The van der Waals surface area contributed by atoms with E-state index in [0.717, 1.165) is 6.20 Å². The molecule has 2 aromatic rings. The minimum atomic E-state index is -0.509. The lowest BCUT2D eigenvalue weighted by atomic mass is 10.1. The summed E-state index contributed by atoms with van der Waals surface area (Å²) in [4.78, 5) is 3.89. The first-order valence-corrected chi connectivity index (χ1v) is 5.96. The molecular weight excluding hydrogens is 307 g/mol. The van der Waals surface area contributed by atoms with Gasteiger partial charge in [-0.25, -0.2) is 4.39 Å². The lowest BCUT2D eigenvalue weighted by Gasteiger charge is -2.06. The van der Waals surface area contributed by atoms with Gasteiger partial charge < -0.3 is 0 Å². The second-order valence-corrected chi connectivity index (χ2v) is 4.84. The van der Waals surface area contributed by atoms with Crippen LogP contribution in [0.5, 0.6) is 0 Å². The number of hydrogen-bond acceptors (Lipinski definition) is 1. The average molecular weight is 311 g/mol. The Bertz CT molecular complexity index is 563. The zero-order valence-electron chi connectivity index (χ0n) is 8.15. The highest BCUT2D eigenvalue weighted by Crippen LogP contribution is 2.36. The maximum atomic E-state index is 12.9. The highest BCUT2D eigenvalue weighted by molar-refractivity contribution is 6.48. The lowest BCUT2D eigenvalue weighted by Crippen LogP contribution is -1.88. The molecule has 0 aliphatic rings. The van der Waals surface area contributed by atoms with Crippen LogP contribution in [-0.2, 0) is 0 Å². The molecule has 0 amide bonds. The molecule has 0 saturated carbocycles. The number of rotatable bonds is 1. The quantitative estimate of drug-likeness (QED) is 0.634. The minimum Gasteiger partial charge on any atom is -0.252 e. The van der Waals surface area contributed by atoms with Crippen LogP contribution < -0.4 is 0 Å². The fraction of sp³-hybridized carbons (Fsp3) is 0. The number of halogens is 5. The van der Waals surface area contributed by atoms with Crippen LogP contribution in [0.3, 0.4) is 0 Å². The summed E-state index contributed by atoms with van der Waals surface area (Å²) in [6.45, 7) is 0. The van der Waals surface area contributed by atoms with Crippen LogP contribution in [0.2, 0.25) is 20.1 Å². The van der Waals surface area contributed by atoms with Crippen molar-refractivity contribution in [3.05, 3.63) is 50.3 Å². The van der Waals surface area contributed by atoms with E-state index < -0.39 is 5.82 Å². The van der Waals surface area contributed by atoms with Gasteiger partial charge in [-0.05, 0) is 18.2 Å². The Morgan fingerprint density at radius 1 is 0.882 bits per heavy atom. The Balaban J connectivity index is 2.61. The van der Waals surface area contributed by atoms with Crippen LogP contribution in [0.25, 0.3) is 11.3 Å². The number of aromatic nitrogens is 1. The first-order chi connectivity index (χ1) is 7.99. The molecule has 0 spiro atoms. The Kier molecular flexibility index (Phi) is 3.79. The van der Waals surface area contributed by atoms with Crippen LogP contribution in [0.15, 0.2) is 24.4 Å². The van der Waals surface area contributed by atoms with Gasteiger partial charge in [-0.1, -0.05) is 46.4 Å². The summed E-state index contributed by atoms with van der Waals surface area (Å²) in [5.41, 5.74) is 0.975. The highest BCUT2D eigenvalue weighted by Gasteiger charge is 2.11. The van der Waals surface area contributed by atoms with Crippen LogP contribution in [0, 0.1) is 5.82 Å². The zero-order chi connectivity index (χ0) is 12.6. The summed E-state index contributed by atoms with van der Waals surface area (Å²) in [5.74, 6) is -0.509. The number of pyridine rings is 1. The van der Waals surface area contributed by atoms with E-state index in [1.54, 1.807) is 12.1 Å². The van der Waals surface area contributed by atoms with Gasteiger partial charge in [0.05, 0.1) is 32.0 Å². The van der Waals surface area contributed by atoms with Crippen LogP contribution in [0.4, 0.5) is 4.39 Å². The maximum absolute atomic E-state index is 12.9. The molecule has 17 heavy (non-hydrogen) atoms. The second kappa shape index (κ2) is 4.99. The van der Waals surface area contributed by atoms with Gasteiger partial charge >= 0.3 is 0 Å². The molecule has 1 aromatic heterocycles. The molecule has 0 N–H and O–H groups in total. The van der Waals surface area contributed by atoms with E-state index in [4.69, 9.17) is 46.4 Å². The number of hydrogen-bond donors (Lipinski definition) is 0. The van der Waals surface area contributed by atoms with E-state index in [1.165, 1.54) is 6.07 Å². The highest BCUT2D eigenvalue weighted by atomic mass is 35.5. The predicted octanol–water partition coefficient (Wildman–Crippen LogP) is 5.50. The summed E-state index contributed by atoms with van der Waals surface area (Å²) in [6.07, 6.45) is 1.07. The molecule has 6 heteroatoms.